The van der Waals surface area contributed by atoms with Crippen molar-refractivity contribution in [3.63, 3.8) is 0 Å². The van der Waals surface area contributed by atoms with Crippen LogP contribution in [0, 0.1) is 0 Å². The van der Waals surface area contributed by atoms with Crippen LogP contribution in [0.1, 0.15) is 39.5 Å². The molecule has 0 fully saturated rings. The van der Waals surface area contributed by atoms with Crippen molar-refractivity contribution >= 4 is 18.4 Å². The predicted molar refractivity (Wildman–Crippen MR) is 52.8 cm³/mol. The monoisotopic (exact) mass is 192 g/mol. The van der Waals surface area contributed by atoms with E-state index in [0.29, 0.717) is 5.57 Å². The largest absolute Gasteiger partial charge is 0.478 e. The Morgan fingerprint density at radius 2 is 2.00 bits per heavy atom. The van der Waals surface area contributed by atoms with E-state index in [9.17, 15) is 4.79 Å². The first kappa shape index (κ1) is 14.0. The van der Waals surface area contributed by atoms with Crippen LogP contribution in [0.15, 0.2) is 11.6 Å². The molecule has 3 heteroatoms. The molecule has 0 bridgehead atoms. The topological polar surface area (TPSA) is 37.3 Å². The van der Waals surface area contributed by atoms with E-state index >= 15 is 0 Å². The lowest BCUT2D eigenvalue weighted by Crippen LogP contribution is -1.95. The number of hydrogen-bond acceptors (Lipinski definition) is 1. The first-order valence-corrected chi connectivity index (χ1v) is 4.08. The van der Waals surface area contributed by atoms with Gasteiger partial charge in [0.15, 0.2) is 0 Å². The zero-order valence-corrected chi connectivity index (χ0v) is 8.49. The quantitative estimate of drug-likeness (QED) is 0.537. The van der Waals surface area contributed by atoms with E-state index in [1.807, 2.05) is 0 Å². The van der Waals surface area contributed by atoms with Crippen LogP contribution in [0.2, 0.25) is 0 Å². The van der Waals surface area contributed by atoms with Crippen LogP contribution in [0.25, 0.3) is 0 Å². The molecule has 1 N–H and O–H groups in total. The normalized spacial score (nSPS) is 10.7. The minimum absolute atomic E-state index is 0. The van der Waals surface area contributed by atoms with Gasteiger partial charge in [0.2, 0.25) is 0 Å². The van der Waals surface area contributed by atoms with Crippen molar-refractivity contribution in [2.75, 3.05) is 0 Å². The van der Waals surface area contributed by atoms with Crippen molar-refractivity contribution in [2.45, 2.75) is 39.5 Å². The lowest BCUT2D eigenvalue weighted by atomic mass is 10.1. The van der Waals surface area contributed by atoms with Gasteiger partial charge in [-0.3, -0.25) is 0 Å². The highest BCUT2D eigenvalue weighted by molar-refractivity contribution is 5.85. The average Bonchev–Trinajstić information content (AvgIpc) is 1.97. The molecule has 0 aromatic carbocycles. The molecule has 0 saturated heterocycles. The summed E-state index contributed by atoms with van der Waals surface area (Å²) in [5, 5.41) is 8.47. The van der Waals surface area contributed by atoms with Crippen molar-refractivity contribution in [3.8, 4) is 0 Å². The Kier molecular flexibility index (Phi) is 10.1. The van der Waals surface area contributed by atoms with Crippen molar-refractivity contribution in [2.24, 2.45) is 0 Å². The Hall–Kier alpha value is -0.500. The summed E-state index contributed by atoms with van der Waals surface area (Å²) < 4.78 is 0. The van der Waals surface area contributed by atoms with Crippen LogP contribution in [0.5, 0.6) is 0 Å². The fourth-order valence-corrected chi connectivity index (χ4v) is 0.800. The van der Waals surface area contributed by atoms with Crippen LogP contribution in [-0.4, -0.2) is 11.1 Å². The molecule has 12 heavy (non-hydrogen) atoms. The number of halogens is 1. The molecule has 0 aromatic rings. The Labute approximate surface area is 80.1 Å². The third-order valence-electron chi connectivity index (χ3n) is 1.60. The molecule has 0 atom stereocenters. The summed E-state index contributed by atoms with van der Waals surface area (Å²) in [5.41, 5.74) is 0.459. The molecule has 0 saturated carbocycles. The first-order valence-electron chi connectivity index (χ1n) is 4.08. The van der Waals surface area contributed by atoms with Gasteiger partial charge in [0, 0.05) is 5.57 Å². The number of hydrogen-bond donors (Lipinski definition) is 1. The molecule has 0 aliphatic heterocycles. The predicted octanol–water partition coefficient (Wildman–Crippen LogP) is 3.02. The summed E-state index contributed by atoms with van der Waals surface area (Å²) in [6.45, 7) is 3.77. The third-order valence-corrected chi connectivity index (χ3v) is 1.60. The highest BCUT2D eigenvalue weighted by atomic mass is 35.5. The van der Waals surface area contributed by atoms with E-state index in [0.717, 1.165) is 12.8 Å². The number of rotatable bonds is 5. The fourth-order valence-electron chi connectivity index (χ4n) is 0.800. The van der Waals surface area contributed by atoms with Gasteiger partial charge in [0.1, 0.15) is 0 Å². The molecule has 0 spiro atoms. The van der Waals surface area contributed by atoms with Gasteiger partial charge in [-0.15, -0.1) is 12.4 Å². The maximum Gasteiger partial charge on any atom is 0.330 e. The number of aliphatic carboxylic acids is 1. The number of carbonyl (C=O) groups is 1. The van der Waals surface area contributed by atoms with Gasteiger partial charge in [-0.25, -0.2) is 4.79 Å². The summed E-state index contributed by atoms with van der Waals surface area (Å²) in [4.78, 5) is 10.3. The third kappa shape index (κ3) is 7.61. The van der Waals surface area contributed by atoms with Gasteiger partial charge in [-0.05, 0) is 19.8 Å². The first-order chi connectivity index (χ1) is 5.18. The van der Waals surface area contributed by atoms with Crippen LogP contribution in [0.4, 0.5) is 0 Å². The van der Waals surface area contributed by atoms with Crippen LogP contribution < -0.4 is 0 Å². The molecular weight excluding hydrogens is 176 g/mol. The van der Waals surface area contributed by atoms with E-state index in [1.54, 1.807) is 13.0 Å². The molecule has 72 valence electrons. The summed E-state index contributed by atoms with van der Waals surface area (Å²) in [6.07, 6.45) is 6.15. The van der Waals surface area contributed by atoms with Crippen molar-refractivity contribution < 1.29 is 9.90 Å². The second kappa shape index (κ2) is 8.60. The van der Waals surface area contributed by atoms with Gasteiger partial charge < -0.3 is 5.11 Å². The van der Waals surface area contributed by atoms with Gasteiger partial charge in [-0.1, -0.05) is 25.8 Å². The number of carboxylic acid groups (broad SMARTS) is 1. The standard InChI is InChI=1S/C9H16O2.ClH/c1-3-4-5-6-7-8(2)9(10)11;/h7H,3-6H2,1-2H3,(H,10,11);1H. The van der Waals surface area contributed by atoms with Gasteiger partial charge >= 0.3 is 5.97 Å². The number of unbranched alkanes of at least 4 members (excludes halogenated alkanes) is 3. The highest BCUT2D eigenvalue weighted by Crippen LogP contribution is 2.02. The van der Waals surface area contributed by atoms with Crippen LogP contribution >= 0.6 is 12.4 Å². The Bertz CT molecular complexity index is 153. The lowest BCUT2D eigenvalue weighted by molar-refractivity contribution is -0.132. The summed E-state index contributed by atoms with van der Waals surface area (Å²) in [6, 6.07) is 0. The molecular formula is C9H17ClO2. The molecule has 2 nitrogen and oxygen atoms in total. The van der Waals surface area contributed by atoms with E-state index < -0.39 is 5.97 Å². The van der Waals surface area contributed by atoms with E-state index in [2.05, 4.69) is 6.92 Å². The number of allylic oxidation sites excluding steroid dienone is 1. The van der Waals surface area contributed by atoms with Gasteiger partial charge in [0.05, 0.1) is 0 Å². The molecule has 0 aromatic heterocycles. The van der Waals surface area contributed by atoms with Gasteiger partial charge in [-0.2, -0.15) is 0 Å². The molecule has 0 radical (unpaired) electrons. The maximum atomic E-state index is 10.3. The average molecular weight is 193 g/mol. The minimum atomic E-state index is -0.804. The zero-order chi connectivity index (χ0) is 8.69. The zero-order valence-electron chi connectivity index (χ0n) is 7.67. The van der Waals surface area contributed by atoms with Crippen molar-refractivity contribution in [3.05, 3.63) is 11.6 Å². The van der Waals surface area contributed by atoms with E-state index in [1.165, 1.54) is 12.8 Å². The summed E-state index contributed by atoms with van der Waals surface area (Å²) in [7, 11) is 0. The lowest BCUT2D eigenvalue weighted by Gasteiger charge is -1.93. The minimum Gasteiger partial charge on any atom is -0.478 e. The molecule has 0 aliphatic rings. The van der Waals surface area contributed by atoms with E-state index in [-0.39, 0.29) is 12.4 Å². The smallest absolute Gasteiger partial charge is 0.330 e. The molecule has 0 aliphatic carbocycles. The van der Waals surface area contributed by atoms with Crippen molar-refractivity contribution in [1.82, 2.24) is 0 Å². The molecule has 0 unspecified atom stereocenters. The maximum absolute atomic E-state index is 10.3. The van der Waals surface area contributed by atoms with Gasteiger partial charge in [0.25, 0.3) is 0 Å². The Morgan fingerprint density at radius 1 is 1.42 bits per heavy atom. The molecule has 0 rings (SSSR count). The highest BCUT2D eigenvalue weighted by Gasteiger charge is 1.96. The second-order valence-corrected chi connectivity index (χ2v) is 2.69. The Morgan fingerprint density at radius 3 is 2.42 bits per heavy atom. The van der Waals surface area contributed by atoms with Crippen molar-refractivity contribution in [1.29, 1.82) is 0 Å². The molecule has 0 heterocycles. The Balaban J connectivity index is 0. The number of carboxylic acids is 1. The fraction of sp³-hybridized carbons (Fsp3) is 0.667. The van der Waals surface area contributed by atoms with E-state index in [4.69, 9.17) is 5.11 Å². The second-order valence-electron chi connectivity index (χ2n) is 2.69. The van der Waals surface area contributed by atoms with Crippen LogP contribution in [-0.2, 0) is 4.79 Å². The summed E-state index contributed by atoms with van der Waals surface area (Å²) in [5.74, 6) is -0.804. The molecule has 0 amide bonds. The SMILES string of the molecule is CCCCCC=C(C)C(=O)O.Cl. The van der Waals surface area contributed by atoms with Crippen LogP contribution in [0.3, 0.4) is 0 Å². The summed E-state index contributed by atoms with van der Waals surface area (Å²) >= 11 is 0.